The molecule has 0 bridgehead atoms. The van der Waals surface area contributed by atoms with Crippen LogP contribution in [0.3, 0.4) is 0 Å². The van der Waals surface area contributed by atoms with Crippen molar-refractivity contribution in [2.45, 2.75) is 0 Å². The van der Waals surface area contributed by atoms with Gasteiger partial charge in [-0.1, -0.05) is 60.1 Å². The lowest BCUT2D eigenvalue weighted by Gasteiger charge is -2.07. The van der Waals surface area contributed by atoms with Crippen molar-refractivity contribution in [1.82, 2.24) is 4.98 Å². The predicted molar refractivity (Wildman–Crippen MR) is 84.9 cm³/mol. The summed E-state index contributed by atoms with van der Waals surface area (Å²) in [5, 5.41) is 6.27. The van der Waals surface area contributed by atoms with E-state index in [0.29, 0.717) is 0 Å². The number of benzene rings is 3. The minimum absolute atomic E-state index is 1.10. The molecule has 0 radical (unpaired) electrons. The monoisotopic (exact) mass is 241 g/mol. The zero-order chi connectivity index (χ0) is 12.8. The van der Waals surface area contributed by atoms with E-state index in [4.69, 9.17) is 0 Å². The first-order valence-corrected chi connectivity index (χ1v) is 6.50. The van der Waals surface area contributed by atoms with Crippen molar-refractivity contribution in [2.75, 3.05) is 0 Å². The van der Waals surface area contributed by atoms with Gasteiger partial charge in [0.15, 0.2) is 0 Å². The molecular weight excluding hydrogens is 229 g/mol. The third-order valence-corrected chi connectivity index (χ3v) is 3.69. The Morgan fingerprint density at radius 1 is 0.789 bits per heavy atom. The number of aromatic nitrogens is 1. The van der Waals surface area contributed by atoms with Gasteiger partial charge in [-0.15, -0.1) is 0 Å². The number of hydrogen-bond acceptors (Lipinski definition) is 1. The van der Waals surface area contributed by atoms with Gasteiger partial charge < -0.3 is 0 Å². The van der Waals surface area contributed by atoms with E-state index >= 15 is 0 Å². The normalized spacial score (nSPS) is 11.4. The summed E-state index contributed by atoms with van der Waals surface area (Å²) in [6.45, 7) is 0. The van der Waals surface area contributed by atoms with Crippen molar-refractivity contribution in [1.29, 1.82) is 0 Å². The average Bonchev–Trinajstić information content (AvgIpc) is 2.46. The number of fused-ring (bicyclic) bond motifs is 5. The fourth-order valence-electron chi connectivity index (χ4n) is 2.80. The predicted octanol–water partition coefficient (Wildman–Crippen LogP) is 2.80. The van der Waals surface area contributed by atoms with Crippen LogP contribution in [0.15, 0.2) is 60.8 Å². The molecule has 0 atom stereocenters. The van der Waals surface area contributed by atoms with Crippen molar-refractivity contribution < 1.29 is 0 Å². The van der Waals surface area contributed by atoms with Crippen LogP contribution in [0.2, 0.25) is 0 Å². The molecule has 4 aromatic rings. The molecule has 0 N–H and O–H groups in total. The van der Waals surface area contributed by atoms with Crippen molar-refractivity contribution in [3.8, 4) is 0 Å². The lowest BCUT2D eigenvalue weighted by atomic mass is 9.94. The molecule has 1 heterocycles. The maximum atomic E-state index is 4.66. The van der Waals surface area contributed by atoms with Crippen LogP contribution in [0.1, 0.15) is 0 Å². The fourth-order valence-corrected chi connectivity index (χ4v) is 2.80. The Bertz CT molecular complexity index is 928. The summed E-state index contributed by atoms with van der Waals surface area (Å²) in [5.74, 6) is 0. The van der Waals surface area contributed by atoms with E-state index in [1.165, 1.54) is 32.4 Å². The second kappa shape index (κ2) is 3.82. The van der Waals surface area contributed by atoms with Gasteiger partial charge in [0.25, 0.3) is 0 Å². The van der Waals surface area contributed by atoms with Crippen LogP contribution >= 0.6 is 0 Å². The van der Waals surface area contributed by atoms with Crippen molar-refractivity contribution in [3.63, 3.8) is 0 Å². The van der Waals surface area contributed by atoms with Crippen LogP contribution in [-0.2, 0) is 0 Å². The van der Waals surface area contributed by atoms with Gasteiger partial charge in [-0.3, -0.25) is 4.98 Å². The van der Waals surface area contributed by atoms with Gasteiger partial charge in [0.1, 0.15) is 7.85 Å². The summed E-state index contributed by atoms with van der Waals surface area (Å²) >= 11 is 0. The first-order chi connectivity index (χ1) is 9.33. The highest BCUT2D eigenvalue weighted by atomic mass is 14.6. The average molecular weight is 241 g/mol. The van der Waals surface area contributed by atoms with Crippen molar-refractivity contribution in [3.05, 3.63) is 60.8 Å². The lowest BCUT2D eigenvalue weighted by molar-refractivity contribution is 1.45. The first-order valence-electron chi connectivity index (χ1n) is 6.50. The summed E-state index contributed by atoms with van der Waals surface area (Å²) in [7, 11) is 2.08. The van der Waals surface area contributed by atoms with Crippen LogP contribution in [0.4, 0.5) is 0 Å². The third kappa shape index (κ3) is 1.53. The number of rotatable bonds is 0. The molecule has 88 valence electrons. The van der Waals surface area contributed by atoms with Gasteiger partial charge in [0, 0.05) is 17.0 Å². The largest absolute Gasteiger partial charge is 0.256 e. The van der Waals surface area contributed by atoms with E-state index in [-0.39, 0.29) is 0 Å². The zero-order valence-corrected chi connectivity index (χ0v) is 10.7. The third-order valence-electron chi connectivity index (χ3n) is 3.69. The maximum Gasteiger partial charge on any atom is 0.141 e. The Kier molecular flexibility index (Phi) is 2.13. The van der Waals surface area contributed by atoms with Crippen LogP contribution in [0.5, 0.6) is 0 Å². The molecule has 0 saturated carbocycles. The van der Waals surface area contributed by atoms with Gasteiger partial charge >= 0.3 is 0 Å². The highest BCUT2D eigenvalue weighted by Crippen LogP contribution is 2.30. The second-order valence-corrected chi connectivity index (χ2v) is 5.03. The molecule has 0 aliphatic heterocycles. The Hall–Kier alpha value is -2.35. The summed E-state index contributed by atoms with van der Waals surface area (Å²) < 4.78 is 0. The second-order valence-electron chi connectivity index (χ2n) is 5.03. The van der Waals surface area contributed by atoms with E-state index in [0.717, 1.165) is 5.52 Å². The molecule has 0 unspecified atom stereocenters. The topological polar surface area (TPSA) is 12.9 Å². The lowest BCUT2D eigenvalue weighted by Crippen LogP contribution is -2.02. The molecule has 0 saturated heterocycles. The van der Waals surface area contributed by atoms with Crippen LogP contribution in [-0.4, -0.2) is 12.8 Å². The summed E-state index contributed by atoms with van der Waals surface area (Å²) in [5.41, 5.74) is 2.30. The van der Waals surface area contributed by atoms with Crippen molar-refractivity contribution in [2.24, 2.45) is 0 Å². The quantitative estimate of drug-likeness (QED) is 0.341. The molecule has 19 heavy (non-hydrogen) atoms. The smallest absolute Gasteiger partial charge is 0.141 e. The van der Waals surface area contributed by atoms with Gasteiger partial charge in [-0.05, 0) is 16.2 Å². The van der Waals surface area contributed by atoms with E-state index in [2.05, 4.69) is 67.4 Å². The Labute approximate surface area is 112 Å². The fraction of sp³-hybridized carbons (Fsp3) is 0. The molecule has 1 nitrogen and oxygen atoms in total. The highest BCUT2D eigenvalue weighted by Gasteiger charge is 2.05. The molecule has 4 rings (SSSR count). The maximum absolute atomic E-state index is 4.66. The molecule has 0 aliphatic rings. The number of nitrogens with zero attached hydrogens (tertiary/aromatic N) is 1. The molecule has 0 fully saturated rings. The summed E-state index contributed by atoms with van der Waals surface area (Å²) in [6, 6.07) is 19.4. The zero-order valence-electron chi connectivity index (χ0n) is 10.7. The summed E-state index contributed by atoms with van der Waals surface area (Å²) in [6.07, 6.45) is 1.95. The van der Waals surface area contributed by atoms with E-state index in [1.54, 1.807) is 0 Å². The first kappa shape index (κ1) is 10.6. The number of hydrogen-bond donors (Lipinski definition) is 0. The molecular formula is C17H12BN. The summed E-state index contributed by atoms with van der Waals surface area (Å²) in [4.78, 5) is 4.66. The molecule has 0 aliphatic carbocycles. The standard InChI is InChI=1S/C17H12BN/c18-14-9-13-8-7-12-6-5-11-3-1-2-4-15(11)16(12)17(13)19-10-14/h1-10H,18H2. The molecule has 0 spiro atoms. The van der Waals surface area contributed by atoms with Crippen molar-refractivity contribution >= 4 is 45.8 Å². The Balaban J connectivity index is 2.33. The Morgan fingerprint density at radius 3 is 2.42 bits per heavy atom. The highest BCUT2D eigenvalue weighted by molar-refractivity contribution is 6.33. The molecule has 1 aromatic heterocycles. The minimum atomic E-state index is 1.10. The number of pyridine rings is 1. The molecule has 0 amide bonds. The molecule has 2 heteroatoms. The van der Waals surface area contributed by atoms with Gasteiger partial charge in [0.2, 0.25) is 0 Å². The van der Waals surface area contributed by atoms with E-state index in [9.17, 15) is 0 Å². The van der Waals surface area contributed by atoms with Crippen LogP contribution < -0.4 is 5.46 Å². The van der Waals surface area contributed by atoms with Crippen LogP contribution in [0, 0.1) is 0 Å². The van der Waals surface area contributed by atoms with Crippen LogP contribution in [0.25, 0.3) is 32.4 Å². The van der Waals surface area contributed by atoms with Gasteiger partial charge in [-0.25, -0.2) is 0 Å². The molecule has 3 aromatic carbocycles. The van der Waals surface area contributed by atoms with Gasteiger partial charge in [0.05, 0.1) is 5.52 Å². The Morgan fingerprint density at radius 2 is 1.53 bits per heavy atom. The van der Waals surface area contributed by atoms with E-state index in [1.807, 2.05) is 6.20 Å². The van der Waals surface area contributed by atoms with Gasteiger partial charge in [-0.2, -0.15) is 0 Å². The minimum Gasteiger partial charge on any atom is -0.256 e. The SMILES string of the molecule is Bc1cnc2c(ccc3ccc4ccccc4c32)c1. The van der Waals surface area contributed by atoms with E-state index < -0.39 is 0 Å².